The van der Waals surface area contributed by atoms with E-state index in [1.54, 1.807) is 30.0 Å². The molecule has 1 fully saturated rings. The fourth-order valence-electron chi connectivity index (χ4n) is 4.10. The smallest absolute Gasteiger partial charge is 0.246 e. The summed E-state index contributed by atoms with van der Waals surface area (Å²) >= 11 is 6.12. The molecule has 0 bridgehead atoms. The lowest BCUT2D eigenvalue weighted by Crippen LogP contribution is -2.55. The summed E-state index contributed by atoms with van der Waals surface area (Å²) in [5, 5.41) is 0.427. The normalized spacial score (nSPS) is 15.7. The van der Waals surface area contributed by atoms with E-state index in [1.807, 2.05) is 6.92 Å². The van der Waals surface area contributed by atoms with Gasteiger partial charge in [-0.05, 0) is 62.6 Å². The molecule has 1 aliphatic rings. The Morgan fingerprint density at radius 2 is 1.68 bits per heavy atom. The summed E-state index contributed by atoms with van der Waals surface area (Å²) in [7, 11) is -3.69. The highest BCUT2D eigenvalue weighted by Crippen LogP contribution is 2.29. The predicted octanol–water partition coefficient (Wildman–Crippen LogP) is 3.77. The first-order valence-electron chi connectivity index (χ1n) is 10.4. The molecule has 6 nitrogen and oxygen atoms in total. The maximum absolute atomic E-state index is 13.3. The van der Waals surface area contributed by atoms with E-state index in [2.05, 4.69) is 36.9 Å². The molecule has 1 aliphatic heterocycles. The van der Waals surface area contributed by atoms with Gasteiger partial charge in [-0.1, -0.05) is 29.8 Å². The molecule has 0 N–H and O–H groups in total. The summed E-state index contributed by atoms with van der Waals surface area (Å²) in [6, 6.07) is 10.5. The molecular weight excluding hydrogens is 434 g/mol. The summed E-state index contributed by atoms with van der Waals surface area (Å²) in [5.74, 6) is -0.203. The Bertz CT molecular complexity index is 1080. The lowest BCUT2D eigenvalue weighted by atomic mass is 10.1. The minimum atomic E-state index is -3.69. The summed E-state index contributed by atoms with van der Waals surface area (Å²) < 4.78 is 26.5. The van der Waals surface area contributed by atoms with Gasteiger partial charge in [-0.15, -0.1) is 0 Å². The van der Waals surface area contributed by atoms with Gasteiger partial charge in [-0.3, -0.25) is 9.10 Å². The Morgan fingerprint density at radius 3 is 2.29 bits per heavy atom. The Morgan fingerprint density at radius 1 is 1.03 bits per heavy atom. The largest absolute Gasteiger partial charge is 0.368 e. The first-order valence-corrected chi connectivity index (χ1v) is 12.6. The van der Waals surface area contributed by atoms with Crippen LogP contribution in [-0.2, 0) is 14.8 Å². The van der Waals surface area contributed by atoms with Gasteiger partial charge < -0.3 is 9.80 Å². The first-order chi connectivity index (χ1) is 14.5. The number of benzene rings is 2. The Hall–Kier alpha value is -2.25. The quantitative estimate of drug-likeness (QED) is 0.677. The van der Waals surface area contributed by atoms with Crippen molar-refractivity contribution in [1.82, 2.24) is 4.90 Å². The molecule has 0 aromatic heterocycles. The molecule has 0 saturated carbocycles. The lowest BCUT2D eigenvalue weighted by molar-refractivity contribution is -0.132. The molecule has 1 amide bonds. The summed E-state index contributed by atoms with van der Waals surface area (Å²) in [5.41, 5.74) is 4.85. The van der Waals surface area contributed by atoms with Gasteiger partial charge in [0.25, 0.3) is 0 Å². The predicted molar refractivity (Wildman–Crippen MR) is 128 cm³/mol. The number of nitrogens with zero attached hydrogens (tertiary/aromatic N) is 3. The molecule has 0 spiro atoms. The van der Waals surface area contributed by atoms with Crippen LogP contribution in [0.25, 0.3) is 0 Å². The van der Waals surface area contributed by atoms with Gasteiger partial charge in [-0.2, -0.15) is 0 Å². The third-order valence-corrected chi connectivity index (χ3v) is 7.45. The van der Waals surface area contributed by atoms with Crippen LogP contribution >= 0.6 is 11.6 Å². The van der Waals surface area contributed by atoms with Crippen LogP contribution < -0.4 is 9.21 Å². The number of hydrogen-bond acceptors (Lipinski definition) is 4. The molecule has 1 atom stereocenters. The zero-order valence-corrected chi connectivity index (χ0v) is 20.3. The Kier molecular flexibility index (Phi) is 6.86. The molecular formula is C23H30ClN3O3S. The topological polar surface area (TPSA) is 60.9 Å². The number of carbonyl (C=O) groups excluding carboxylic acids is 1. The van der Waals surface area contributed by atoms with Crippen molar-refractivity contribution in [3.63, 3.8) is 0 Å². The number of halogens is 1. The maximum Gasteiger partial charge on any atom is 0.246 e. The van der Waals surface area contributed by atoms with E-state index in [4.69, 9.17) is 11.6 Å². The van der Waals surface area contributed by atoms with Crippen molar-refractivity contribution in [1.29, 1.82) is 0 Å². The molecule has 0 radical (unpaired) electrons. The van der Waals surface area contributed by atoms with Crippen molar-refractivity contribution >= 4 is 38.9 Å². The molecule has 3 rings (SSSR count). The van der Waals surface area contributed by atoms with Gasteiger partial charge in [0.1, 0.15) is 6.04 Å². The molecule has 1 heterocycles. The molecule has 8 heteroatoms. The van der Waals surface area contributed by atoms with E-state index < -0.39 is 16.1 Å². The van der Waals surface area contributed by atoms with E-state index in [1.165, 1.54) is 21.1 Å². The number of amides is 1. The van der Waals surface area contributed by atoms with Crippen molar-refractivity contribution in [2.45, 2.75) is 33.7 Å². The SMILES string of the molecule is Cc1ccc(Cl)cc1N([C@@H](C)C(=O)N1CCN(c2cccc(C)c2C)CC1)S(C)(=O)=O. The monoisotopic (exact) mass is 463 g/mol. The van der Waals surface area contributed by atoms with Crippen molar-refractivity contribution in [2.75, 3.05) is 41.6 Å². The van der Waals surface area contributed by atoms with Crippen molar-refractivity contribution in [2.24, 2.45) is 0 Å². The van der Waals surface area contributed by atoms with Gasteiger partial charge in [0.2, 0.25) is 15.9 Å². The number of carbonyl (C=O) groups is 1. The highest BCUT2D eigenvalue weighted by atomic mass is 35.5. The highest BCUT2D eigenvalue weighted by molar-refractivity contribution is 7.92. The molecule has 168 valence electrons. The molecule has 2 aromatic carbocycles. The molecule has 1 saturated heterocycles. The third-order valence-electron chi connectivity index (χ3n) is 5.98. The van der Waals surface area contributed by atoms with Gasteiger partial charge in [0.05, 0.1) is 11.9 Å². The Balaban J connectivity index is 1.79. The number of piperazine rings is 1. The van der Waals surface area contributed by atoms with Crippen LogP contribution in [0.5, 0.6) is 0 Å². The zero-order valence-electron chi connectivity index (χ0n) is 18.7. The number of aryl methyl sites for hydroxylation is 2. The van der Waals surface area contributed by atoms with E-state index in [-0.39, 0.29) is 5.91 Å². The summed E-state index contributed by atoms with van der Waals surface area (Å²) in [4.78, 5) is 17.3. The van der Waals surface area contributed by atoms with Crippen molar-refractivity contribution in [3.8, 4) is 0 Å². The second-order valence-corrected chi connectivity index (χ2v) is 10.5. The van der Waals surface area contributed by atoms with Gasteiger partial charge in [-0.25, -0.2) is 8.42 Å². The number of sulfonamides is 1. The van der Waals surface area contributed by atoms with Crippen molar-refractivity contribution < 1.29 is 13.2 Å². The second kappa shape index (κ2) is 9.09. The first kappa shape index (κ1) is 23.4. The van der Waals surface area contributed by atoms with Crippen molar-refractivity contribution in [3.05, 3.63) is 58.1 Å². The van der Waals surface area contributed by atoms with Crippen LogP contribution in [0.15, 0.2) is 36.4 Å². The minimum Gasteiger partial charge on any atom is -0.368 e. The molecule has 0 unspecified atom stereocenters. The van der Waals surface area contributed by atoms with Crippen LogP contribution in [0.1, 0.15) is 23.6 Å². The number of hydrogen-bond donors (Lipinski definition) is 0. The van der Waals surface area contributed by atoms with Gasteiger partial charge in [0, 0.05) is 36.9 Å². The minimum absolute atomic E-state index is 0.203. The standard InChI is InChI=1S/C23H30ClN3O3S/c1-16-7-6-8-21(18(16)3)25-11-13-26(14-12-25)23(28)19(4)27(31(5,29)30)22-15-20(24)10-9-17(22)2/h6-10,15,19H,11-14H2,1-5H3/t19-/m0/s1. The van der Waals surface area contributed by atoms with E-state index >= 15 is 0 Å². The average molecular weight is 464 g/mol. The van der Waals surface area contributed by atoms with Crippen LogP contribution in [0.3, 0.4) is 0 Å². The lowest BCUT2D eigenvalue weighted by Gasteiger charge is -2.39. The molecule has 0 aliphatic carbocycles. The number of anilines is 2. The Labute approximate surface area is 190 Å². The van der Waals surface area contributed by atoms with E-state index in [0.717, 1.165) is 11.8 Å². The van der Waals surface area contributed by atoms with Crippen LogP contribution in [-0.4, -0.2) is 57.7 Å². The summed E-state index contributed by atoms with van der Waals surface area (Å²) in [6.07, 6.45) is 1.12. The zero-order chi connectivity index (χ0) is 22.9. The van der Waals surface area contributed by atoms with E-state index in [0.29, 0.717) is 36.9 Å². The van der Waals surface area contributed by atoms with Crippen LogP contribution in [0, 0.1) is 20.8 Å². The fourth-order valence-corrected chi connectivity index (χ4v) is 5.49. The highest BCUT2D eigenvalue weighted by Gasteiger charge is 2.34. The third kappa shape index (κ3) is 4.99. The molecule has 2 aromatic rings. The van der Waals surface area contributed by atoms with E-state index in [9.17, 15) is 13.2 Å². The number of rotatable bonds is 5. The van der Waals surface area contributed by atoms with Crippen LogP contribution in [0.4, 0.5) is 11.4 Å². The second-order valence-electron chi connectivity index (χ2n) is 8.20. The van der Waals surface area contributed by atoms with Gasteiger partial charge in [0.15, 0.2) is 0 Å². The molecule has 31 heavy (non-hydrogen) atoms. The van der Waals surface area contributed by atoms with Gasteiger partial charge >= 0.3 is 0 Å². The maximum atomic E-state index is 13.3. The average Bonchev–Trinajstić information content (AvgIpc) is 2.71. The fraction of sp³-hybridized carbons (Fsp3) is 0.435. The van der Waals surface area contributed by atoms with Crippen LogP contribution in [0.2, 0.25) is 5.02 Å². The summed E-state index contributed by atoms with van der Waals surface area (Å²) in [6.45, 7) is 10.2.